The van der Waals surface area contributed by atoms with E-state index >= 15 is 0 Å². The number of aromatic nitrogens is 2. The molecule has 0 saturated heterocycles. The molecule has 5 nitrogen and oxygen atoms in total. The highest BCUT2D eigenvalue weighted by Gasteiger charge is 2.11. The van der Waals surface area contributed by atoms with Gasteiger partial charge in [0.05, 0.1) is 18.2 Å². The summed E-state index contributed by atoms with van der Waals surface area (Å²) in [7, 11) is 1.95. The Morgan fingerprint density at radius 3 is 2.95 bits per heavy atom. The first-order valence-corrected chi connectivity index (χ1v) is 6.62. The Kier molecular flexibility index (Phi) is 4.40. The fourth-order valence-corrected chi connectivity index (χ4v) is 2.06. The van der Waals surface area contributed by atoms with E-state index < -0.39 is 0 Å². The molecule has 0 radical (unpaired) electrons. The molecule has 0 amide bonds. The number of esters is 1. The van der Waals surface area contributed by atoms with Crippen molar-refractivity contribution in [2.45, 2.75) is 19.9 Å². The number of rotatable bonds is 5. The van der Waals surface area contributed by atoms with Gasteiger partial charge in [0.1, 0.15) is 5.82 Å². The summed E-state index contributed by atoms with van der Waals surface area (Å²) < 4.78 is 6.96. The van der Waals surface area contributed by atoms with Crippen LogP contribution in [-0.4, -0.2) is 22.1 Å². The number of imidazole rings is 1. The lowest BCUT2D eigenvalue weighted by Gasteiger charge is -2.15. The number of nitrogens with one attached hydrogen (secondary N) is 1. The second-order valence-electron chi connectivity index (χ2n) is 4.56. The molecule has 1 heterocycles. The topological polar surface area (TPSA) is 56.1 Å². The molecule has 1 aromatic heterocycles. The van der Waals surface area contributed by atoms with Crippen LogP contribution in [-0.2, 0) is 11.8 Å². The molecule has 1 atom stereocenters. The first kappa shape index (κ1) is 14.1. The predicted octanol–water partition coefficient (Wildman–Crippen LogP) is 2.77. The van der Waals surface area contributed by atoms with Gasteiger partial charge in [-0.1, -0.05) is 6.07 Å². The molecule has 0 aliphatic carbocycles. The van der Waals surface area contributed by atoms with Crippen molar-refractivity contribution in [1.82, 2.24) is 9.55 Å². The fraction of sp³-hybridized carbons (Fsp3) is 0.333. The van der Waals surface area contributed by atoms with E-state index in [1.165, 1.54) is 0 Å². The Hall–Kier alpha value is -2.30. The standard InChI is InChI=1S/C15H19N3O2/c1-4-20-15(19)12-6-5-7-13(10-12)17-11(2)14-16-8-9-18(14)3/h5-11,17H,4H2,1-3H3. The van der Waals surface area contributed by atoms with Crippen molar-refractivity contribution >= 4 is 11.7 Å². The maximum absolute atomic E-state index is 11.7. The van der Waals surface area contributed by atoms with Crippen molar-refractivity contribution in [1.29, 1.82) is 0 Å². The van der Waals surface area contributed by atoms with Crippen molar-refractivity contribution in [2.75, 3.05) is 11.9 Å². The van der Waals surface area contributed by atoms with Gasteiger partial charge in [0, 0.05) is 25.1 Å². The van der Waals surface area contributed by atoms with E-state index in [-0.39, 0.29) is 12.0 Å². The van der Waals surface area contributed by atoms with Gasteiger partial charge < -0.3 is 14.6 Å². The normalized spacial score (nSPS) is 11.9. The Morgan fingerprint density at radius 1 is 1.50 bits per heavy atom. The highest BCUT2D eigenvalue weighted by atomic mass is 16.5. The molecule has 2 aromatic rings. The summed E-state index contributed by atoms with van der Waals surface area (Å²) in [6.07, 6.45) is 3.67. The number of carbonyl (C=O) groups excluding carboxylic acids is 1. The molecule has 5 heteroatoms. The van der Waals surface area contributed by atoms with Gasteiger partial charge in [0.15, 0.2) is 0 Å². The Morgan fingerprint density at radius 2 is 2.30 bits per heavy atom. The number of carbonyl (C=O) groups is 1. The van der Waals surface area contributed by atoms with E-state index in [9.17, 15) is 4.79 Å². The zero-order chi connectivity index (χ0) is 14.5. The average Bonchev–Trinajstić information content (AvgIpc) is 2.85. The summed E-state index contributed by atoms with van der Waals surface area (Å²) in [5, 5.41) is 3.33. The quantitative estimate of drug-likeness (QED) is 0.851. The van der Waals surface area contributed by atoms with Gasteiger partial charge in [-0.15, -0.1) is 0 Å². The molecule has 1 unspecified atom stereocenters. The summed E-state index contributed by atoms with van der Waals surface area (Å²) in [6.45, 7) is 4.20. The first-order chi connectivity index (χ1) is 9.61. The Balaban J connectivity index is 2.12. The van der Waals surface area contributed by atoms with Crippen molar-refractivity contribution in [3.63, 3.8) is 0 Å². The van der Waals surface area contributed by atoms with E-state index in [0.717, 1.165) is 11.5 Å². The Labute approximate surface area is 118 Å². The largest absolute Gasteiger partial charge is 0.462 e. The first-order valence-electron chi connectivity index (χ1n) is 6.62. The number of nitrogens with zero attached hydrogens (tertiary/aromatic N) is 2. The number of aryl methyl sites for hydroxylation is 1. The molecule has 0 spiro atoms. The van der Waals surface area contributed by atoms with E-state index in [4.69, 9.17) is 4.74 Å². The summed E-state index contributed by atoms with van der Waals surface area (Å²) in [6, 6.07) is 7.33. The van der Waals surface area contributed by atoms with Gasteiger partial charge in [-0.2, -0.15) is 0 Å². The number of anilines is 1. The minimum Gasteiger partial charge on any atom is -0.462 e. The van der Waals surface area contributed by atoms with Gasteiger partial charge in [0.2, 0.25) is 0 Å². The zero-order valence-corrected chi connectivity index (χ0v) is 12.0. The van der Waals surface area contributed by atoms with Crippen LogP contribution in [0.3, 0.4) is 0 Å². The van der Waals surface area contributed by atoms with Crippen LogP contribution in [0.1, 0.15) is 36.1 Å². The van der Waals surface area contributed by atoms with Gasteiger partial charge in [0.25, 0.3) is 0 Å². The average molecular weight is 273 g/mol. The molecule has 0 aliphatic heterocycles. The third-order valence-corrected chi connectivity index (χ3v) is 3.00. The van der Waals surface area contributed by atoms with Crippen molar-refractivity contribution in [2.24, 2.45) is 7.05 Å². The molecule has 20 heavy (non-hydrogen) atoms. The molecule has 1 N–H and O–H groups in total. The van der Waals surface area contributed by atoms with Crippen LogP contribution in [0.2, 0.25) is 0 Å². The molecule has 0 saturated carbocycles. The van der Waals surface area contributed by atoms with E-state index in [2.05, 4.69) is 10.3 Å². The number of ether oxygens (including phenoxy) is 1. The van der Waals surface area contributed by atoms with E-state index in [0.29, 0.717) is 12.2 Å². The molecule has 106 valence electrons. The van der Waals surface area contributed by atoms with Gasteiger partial charge >= 0.3 is 5.97 Å². The van der Waals surface area contributed by atoms with E-state index in [1.807, 2.05) is 36.9 Å². The molecular weight excluding hydrogens is 254 g/mol. The van der Waals surface area contributed by atoms with Crippen LogP contribution in [0.4, 0.5) is 5.69 Å². The smallest absolute Gasteiger partial charge is 0.338 e. The predicted molar refractivity (Wildman–Crippen MR) is 77.6 cm³/mol. The van der Waals surface area contributed by atoms with Crippen molar-refractivity contribution < 1.29 is 9.53 Å². The minimum absolute atomic E-state index is 0.0486. The minimum atomic E-state index is -0.305. The summed E-state index contributed by atoms with van der Waals surface area (Å²) in [4.78, 5) is 16.0. The zero-order valence-electron chi connectivity index (χ0n) is 12.0. The number of hydrogen-bond acceptors (Lipinski definition) is 4. The molecule has 0 fully saturated rings. The lowest BCUT2D eigenvalue weighted by Crippen LogP contribution is -2.12. The molecule has 0 aliphatic rings. The second-order valence-corrected chi connectivity index (χ2v) is 4.56. The molecule has 1 aromatic carbocycles. The molecular formula is C15H19N3O2. The lowest BCUT2D eigenvalue weighted by molar-refractivity contribution is 0.0526. The van der Waals surface area contributed by atoms with Crippen LogP contribution in [0.5, 0.6) is 0 Å². The summed E-state index contributed by atoms with van der Waals surface area (Å²) in [5.41, 5.74) is 1.41. The summed E-state index contributed by atoms with van der Waals surface area (Å²) in [5.74, 6) is 0.632. The highest BCUT2D eigenvalue weighted by molar-refractivity contribution is 5.90. The maximum Gasteiger partial charge on any atom is 0.338 e. The number of hydrogen-bond donors (Lipinski definition) is 1. The van der Waals surface area contributed by atoms with Crippen LogP contribution >= 0.6 is 0 Å². The fourth-order valence-electron chi connectivity index (χ4n) is 2.06. The van der Waals surface area contributed by atoms with E-state index in [1.54, 1.807) is 25.3 Å². The van der Waals surface area contributed by atoms with Crippen LogP contribution < -0.4 is 5.32 Å². The maximum atomic E-state index is 11.7. The van der Waals surface area contributed by atoms with Gasteiger partial charge in [-0.05, 0) is 32.0 Å². The van der Waals surface area contributed by atoms with Crippen molar-refractivity contribution in [3.8, 4) is 0 Å². The monoisotopic (exact) mass is 273 g/mol. The Bertz CT molecular complexity index is 592. The van der Waals surface area contributed by atoms with Crippen molar-refractivity contribution in [3.05, 3.63) is 48.0 Å². The van der Waals surface area contributed by atoms with Crippen LogP contribution in [0, 0.1) is 0 Å². The highest BCUT2D eigenvalue weighted by Crippen LogP contribution is 2.19. The van der Waals surface area contributed by atoms with Gasteiger partial charge in [-0.25, -0.2) is 9.78 Å². The molecule has 2 rings (SSSR count). The third kappa shape index (κ3) is 3.17. The second kappa shape index (κ2) is 6.23. The number of benzene rings is 1. The molecule has 0 bridgehead atoms. The van der Waals surface area contributed by atoms with Crippen LogP contribution in [0.25, 0.3) is 0 Å². The lowest BCUT2D eigenvalue weighted by atomic mass is 10.2. The summed E-state index contributed by atoms with van der Waals surface area (Å²) >= 11 is 0. The van der Waals surface area contributed by atoms with Crippen LogP contribution in [0.15, 0.2) is 36.7 Å². The SMILES string of the molecule is CCOC(=O)c1cccc(NC(C)c2nccn2C)c1. The third-order valence-electron chi connectivity index (χ3n) is 3.00. The van der Waals surface area contributed by atoms with Gasteiger partial charge in [-0.3, -0.25) is 0 Å².